The van der Waals surface area contributed by atoms with Crippen LogP contribution < -0.4 is 10.1 Å². The topological polar surface area (TPSA) is 94.8 Å². The Morgan fingerprint density at radius 1 is 1.34 bits per heavy atom. The predicted molar refractivity (Wildman–Crippen MR) is 115 cm³/mol. The van der Waals surface area contributed by atoms with Crippen molar-refractivity contribution in [3.8, 4) is 5.75 Å². The molecule has 0 fully saturated rings. The predicted octanol–water partition coefficient (Wildman–Crippen LogP) is 4.24. The summed E-state index contributed by atoms with van der Waals surface area (Å²) in [4.78, 5) is 12.1. The molecule has 12 heteroatoms. The van der Waals surface area contributed by atoms with Crippen molar-refractivity contribution in [3.63, 3.8) is 0 Å². The summed E-state index contributed by atoms with van der Waals surface area (Å²) < 4.78 is 7.56. The highest BCUT2D eigenvalue weighted by molar-refractivity contribution is 7.99. The fourth-order valence-corrected chi connectivity index (χ4v) is 4.05. The van der Waals surface area contributed by atoms with Crippen LogP contribution in [0.15, 0.2) is 36.0 Å². The molecule has 0 radical (unpaired) electrons. The normalized spacial score (nSPS) is 10.7. The van der Waals surface area contributed by atoms with E-state index in [4.69, 9.17) is 27.9 Å². The molecule has 0 aliphatic rings. The first kappa shape index (κ1) is 21.6. The number of allylic oxidation sites excluding steroid dienone is 1. The quantitative estimate of drug-likeness (QED) is 0.369. The van der Waals surface area contributed by atoms with Crippen LogP contribution in [0.5, 0.6) is 5.75 Å². The summed E-state index contributed by atoms with van der Waals surface area (Å²) in [6.07, 6.45) is 1.72. The number of aryl methyl sites for hydroxylation is 1. The van der Waals surface area contributed by atoms with Crippen LogP contribution in [0.3, 0.4) is 0 Å². The number of aromatic nitrogens is 5. The minimum Gasteiger partial charge on any atom is -0.484 e. The Bertz CT molecular complexity index is 1020. The lowest BCUT2D eigenvalue weighted by molar-refractivity contribution is -0.113. The summed E-state index contributed by atoms with van der Waals surface area (Å²) in [5.41, 5.74) is 0. The number of hydrogen-bond acceptors (Lipinski definition) is 8. The fourth-order valence-electron chi connectivity index (χ4n) is 2.21. The third-order valence-electron chi connectivity index (χ3n) is 3.46. The molecule has 1 aromatic carbocycles. The van der Waals surface area contributed by atoms with E-state index in [2.05, 4.69) is 32.3 Å². The van der Waals surface area contributed by atoms with Crippen LogP contribution in [0.4, 0.5) is 5.13 Å². The summed E-state index contributed by atoms with van der Waals surface area (Å²) in [5.74, 6) is 1.02. The lowest BCUT2D eigenvalue weighted by Gasteiger charge is -2.10. The second-order valence-corrected chi connectivity index (χ2v) is 8.59. The summed E-state index contributed by atoms with van der Waals surface area (Å²) in [5, 5.41) is 21.5. The van der Waals surface area contributed by atoms with E-state index in [9.17, 15) is 4.79 Å². The molecule has 3 rings (SSSR count). The van der Waals surface area contributed by atoms with Crippen LogP contribution >= 0.6 is 46.3 Å². The molecule has 0 unspecified atom stereocenters. The maximum atomic E-state index is 12.1. The van der Waals surface area contributed by atoms with Gasteiger partial charge in [0.1, 0.15) is 17.4 Å². The summed E-state index contributed by atoms with van der Waals surface area (Å²) >= 11 is 14.6. The second-order valence-electron chi connectivity index (χ2n) is 5.62. The zero-order chi connectivity index (χ0) is 20.8. The van der Waals surface area contributed by atoms with Crippen molar-refractivity contribution in [1.82, 2.24) is 25.0 Å². The minimum atomic E-state index is -0.204. The summed E-state index contributed by atoms with van der Waals surface area (Å²) in [6, 6.07) is 4.98. The number of carbonyl (C=O) groups excluding carboxylic acids is 1. The van der Waals surface area contributed by atoms with E-state index in [1.165, 1.54) is 23.1 Å². The van der Waals surface area contributed by atoms with Crippen molar-refractivity contribution in [2.45, 2.75) is 25.2 Å². The van der Waals surface area contributed by atoms with E-state index < -0.39 is 0 Å². The molecule has 0 spiro atoms. The first-order chi connectivity index (χ1) is 14.0. The molecule has 2 aromatic heterocycles. The molecule has 2 heterocycles. The molecule has 0 atom stereocenters. The first-order valence-corrected chi connectivity index (χ1v) is 10.9. The molecule has 1 amide bonds. The molecule has 8 nitrogen and oxygen atoms in total. The van der Waals surface area contributed by atoms with Gasteiger partial charge in [0.25, 0.3) is 0 Å². The molecule has 0 aliphatic carbocycles. The van der Waals surface area contributed by atoms with Crippen molar-refractivity contribution in [2.24, 2.45) is 0 Å². The number of thioether (sulfide) groups is 1. The van der Waals surface area contributed by atoms with Crippen LogP contribution in [0, 0.1) is 6.92 Å². The second kappa shape index (κ2) is 10.1. The number of amides is 1. The highest BCUT2D eigenvalue weighted by Crippen LogP contribution is 2.28. The van der Waals surface area contributed by atoms with E-state index in [0.717, 1.165) is 5.01 Å². The Morgan fingerprint density at radius 2 is 2.17 bits per heavy atom. The molecule has 152 valence electrons. The Kier molecular flexibility index (Phi) is 7.48. The first-order valence-electron chi connectivity index (χ1n) is 8.30. The van der Waals surface area contributed by atoms with Gasteiger partial charge in [-0.25, -0.2) is 0 Å². The molecule has 0 saturated carbocycles. The molecule has 29 heavy (non-hydrogen) atoms. The summed E-state index contributed by atoms with van der Waals surface area (Å²) in [6.45, 7) is 6.20. The summed E-state index contributed by atoms with van der Waals surface area (Å²) in [7, 11) is 0. The molecular formula is C17H16Cl2N6O2S2. The number of anilines is 1. The monoisotopic (exact) mass is 470 g/mol. The van der Waals surface area contributed by atoms with Gasteiger partial charge in [-0.1, -0.05) is 52.4 Å². The van der Waals surface area contributed by atoms with Crippen molar-refractivity contribution >= 4 is 57.3 Å². The Balaban J connectivity index is 1.63. The minimum absolute atomic E-state index is 0.151. The van der Waals surface area contributed by atoms with E-state index in [1.807, 2.05) is 11.5 Å². The number of carbonyl (C=O) groups is 1. The molecule has 0 bridgehead atoms. The molecule has 0 aliphatic heterocycles. The Morgan fingerprint density at radius 3 is 2.86 bits per heavy atom. The SMILES string of the molecule is C=CCn1c(COc2ccc(Cl)cc2Cl)nnc1SCC(=O)Nc1nnc(C)s1. The van der Waals surface area contributed by atoms with Crippen LogP contribution in [0.25, 0.3) is 0 Å². The zero-order valence-electron chi connectivity index (χ0n) is 15.3. The van der Waals surface area contributed by atoms with Crippen LogP contribution in [0.2, 0.25) is 10.0 Å². The van der Waals surface area contributed by atoms with E-state index in [-0.39, 0.29) is 18.3 Å². The van der Waals surface area contributed by atoms with Crippen molar-refractivity contribution < 1.29 is 9.53 Å². The fraction of sp³-hybridized carbons (Fsp3) is 0.235. The van der Waals surface area contributed by atoms with Gasteiger partial charge in [0.05, 0.1) is 10.8 Å². The zero-order valence-corrected chi connectivity index (χ0v) is 18.4. The Hall–Kier alpha value is -2.14. The van der Waals surface area contributed by atoms with Gasteiger partial charge in [0.15, 0.2) is 11.0 Å². The van der Waals surface area contributed by atoms with Crippen molar-refractivity contribution in [3.05, 3.63) is 51.7 Å². The van der Waals surface area contributed by atoms with Gasteiger partial charge in [0.2, 0.25) is 11.0 Å². The third-order valence-corrected chi connectivity index (χ3v) is 5.71. The third kappa shape index (κ3) is 5.92. The largest absolute Gasteiger partial charge is 0.484 e. The average molecular weight is 471 g/mol. The lowest BCUT2D eigenvalue weighted by Crippen LogP contribution is -2.15. The van der Waals surface area contributed by atoms with E-state index >= 15 is 0 Å². The van der Waals surface area contributed by atoms with Gasteiger partial charge < -0.3 is 4.74 Å². The van der Waals surface area contributed by atoms with E-state index in [0.29, 0.717) is 38.5 Å². The van der Waals surface area contributed by atoms with Gasteiger partial charge in [-0.05, 0) is 25.1 Å². The molecular weight excluding hydrogens is 455 g/mol. The maximum absolute atomic E-state index is 12.1. The molecule has 3 aromatic rings. The van der Waals surface area contributed by atoms with Gasteiger partial charge >= 0.3 is 0 Å². The number of halogens is 2. The lowest BCUT2D eigenvalue weighted by atomic mass is 10.3. The standard InChI is InChI=1S/C17H16Cl2N6O2S2/c1-3-6-25-14(8-27-13-5-4-11(18)7-12(13)19)22-24-17(25)28-9-15(26)20-16-23-21-10(2)29-16/h3-5,7H,1,6,8-9H2,2H3,(H,20,23,26). The molecule has 1 N–H and O–H groups in total. The van der Waals surface area contributed by atoms with Gasteiger partial charge in [0, 0.05) is 11.6 Å². The average Bonchev–Trinajstić information content (AvgIpc) is 3.26. The number of nitrogens with zero attached hydrogens (tertiary/aromatic N) is 5. The number of hydrogen-bond donors (Lipinski definition) is 1. The van der Waals surface area contributed by atoms with Crippen LogP contribution in [-0.2, 0) is 17.9 Å². The number of ether oxygens (including phenoxy) is 1. The van der Waals surface area contributed by atoms with Crippen molar-refractivity contribution in [1.29, 1.82) is 0 Å². The van der Waals surface area contributed by atoms with Gasteiger partial charge in [-0.15, -0.1) is 27.0 Å². The Labute approximate surface area is 185 Å². The molecule has 0 saturated heterocycles. The number of nitrogens with one attached hydrogen (secondary N) is 1. The van der Waals surface area contributed by atoms with Gasteiger partial charge in [-0.3, -0.25) is 14.7 Å². The maximum Gasteiger partial charge on any atom is 0.236 e. The van der Waals surface area contributed by atoms with Crippen LogP contribution in [0.1, 0.15) is 10.8 Å². The highest BCUT2D eigenvalue weighted by atomic mass is 35.5. The highest BCUT2D eigenvalue weighted by Gasteiger charge is 2.15. The smallest absolute Gasteiger partial charge is 0.236 e. The number of rotatable bonds is 9. The van der Waals surface area contributed by atoms with E-state index in [1.54, 1.807) is 24.3 Å². The van der Waals surface area contributed by atoms with Crippen molar-refractivity contribution in [2.75, 3.05) is 11.1 Å². The van der Waals surface area contributed by atoms with Crippen LogP contribution in [-0.4, -0.2) is 36.6 Å². The van der Waals surface area contributed by atoms with Gasteiger partial charge in [-0.2, -0.15) is 0 Å². The number of benzene rings is 1.